The molecule has 1 N–H and O–H groups in total. The highest BCUT2D eigenvalue weighted by molar-refractivity contribution is 7.16. The summed E-state index contributed by atoms with van der Waals surface area (Å²) in [5.41, 5.74) is 0. The molecule has 0 saturated heterocycles. The second-order valence-corrected chi connectivity index (χ2v) is 7.74. The molecule has 1 aromatic rings. The van der Waals surface area contributed by atoms with E-state index < -0.39 is 0 Å². The third-order valence-electron chi connectivity index (χ3n) is 4.65. The fourth-order valence-electron chi connectivity index (χ4n) is 3.75. The van der Waals surface area contributed by atoms with Crippen LogP contribution >= 0.6 is 22.9 Å². The van der Waals surface area contributed by atoms with E-state index in [1.165, 1.54) is 30.6 Å². The van der Waals surface area contributed by atoms with Gasteiger partial charge in [-0.1, -0.05) is 18.0 Å². The van der Waals surface area contributed by atoms with Crippen molar-refractivity contribution in [2.45, 2.75) is 38.5 Å². The van der Waals surface area contributed by atoms with Crippen molar-refractivity contribution in [1.29, 1.82) is 0 Å². The highest BCUT2D eigenvalue weighted by Gasteiger charge is 2.39. The van der Waals surface area contributed by atoms with Gasteiger partial charge in [0.15, 0.2) is 0 Å². The van der Waals surface area contributed by atoms with E-state index in [-0.39, 0.29) is 5.91 Å². The lowest BCUT2D eigenvalue weighted by Crippen LogP contribution is -2.28. The first-order valence-corrected chi connectivity index (χ1v) is 8.41. The number of nitrogens with one attached hydrogen (secondary N) is 1. The third kappa shape index (κ3) is 3.32. The van der Waals surface area contributed by atoms with Gasteiger partial charge in [0.1, 0.15) is 0 Å². The maximum absolute atomic E-state index is 11.9. The van der Waals surface area contributed by atoms with Gasteiger partial charge in [0.2, 0.25) is 5.91 Å². The molecule has 0 aromatic carbocycles. The van der Waals surface area contributed by atoms with Crippen molar-refractivity contribution < 1.29 is 4.79 Å². The predicted octanol–water partition coefficient (Wildman–Crippen LogP) is 3.89. The van der Waals surface area contributed by atoms with Crippen LogP contribution in [0.3, 0.4) is 0 Å². The maximum Gasteiger partial charge on any atom is 0.220 e. The van der Waals surface area contributed by atoms with Crippen LogP contribution in [-0.2, 0) is 11.2 Å². The molecular formula is C15H20ClNOS. The van der Waals surface area contributed by atoms with E-state index >= 15 is 0 Å². The lowest BCUT2D eigenvalue weighted by atomic mass is 9.86. The monoisotopic (exact) mass is 297 g/mol. The van der Waals surface area contributed by atoms with Gasteiger partial charge in [-0.25, -0.2) is 0 Å². The zero-order chi connectivity index (χ0) is 13.2. The van der Waals surface area contributed by atoms with Gasteiger partial charge in [-0.3, -0.25) is 4.79 Å². The predicted molar refractivity (Wildman–Crippen MR) is 79.6 cm³/mol. The van der Waals surface area contributed by atoms with Crippen molar-refractivity contribution in [1.82, 2.24) is 5.32 Å². The van der Waals surface area contributed by atoms with Gasteiger partial charge in [-0.2, -0.15) is 0 Å². The molecule has 2 bridgehead atoms. The molecule has 4 heteroatoms. The molecule has 1 amide bonds. The summed E-state index contributed by atoms with van der Waals surface area (Å²) >= 11 is 7.48. The van der Waals surface area contributed by atoms with Crippen molar-refractivity contribution in [3.05, 3.63) is 21.3 Å². The summed E-state index contributed by atoms with van der Waals surface area (Å²) in [6, 6.07) is 3.95. The van der Waals surface area contributed by atoms with E-state index in [4.69, 9.17) is 11.6 Å². The molecule has 1 aromatic heterocycles. The highest BCUT2D eigenvalue weighted by atomic mass is 35.5. The lowest BCUT2D eigenvalue weighted by Gasteiger charge is -2.20. The molecule has 2 aliphatic carbocycles. The smallest absolute Gasteiger partial charge is 0.220 e. The van der Waals surface area contributed by atoms with Crippen molar-refractivity contribution in [3.8, 4) is 0 Å². The Morgan fingerprint density at radius 1 is 1.37 bits per heavy atom. The molecular weight excluding hydrogens is 278 g/mol. The number of hydrogen-bond acceptors (Lipinski definition) is 2. The minimum absolute atomic E-state index is 0.236. The van der Waals surface area contributed by atoms with Crippen molar-refractivity contribution >= 4 is 28.8 Å². The molecule has 3 atom stereocenters. The van der Waals surface area contributed by atoms with Gasteiger partial charge in [-0.05, 0) is 55.6 Å². The van der Waals surface area contributed by atoms with Crippen LogP contribution in [0, 0.1) is 17.8 Å². The topological polar surface area (TPSA) is 29.1 Å². The van der Waals surface area contributed by atoms with Crippen molar-refractivity contribution in [3.63, 3.8) is 0 Å². The number of rotatable bonds is 5. The quantitative estimate of drug-likeness (QED) is 0.878. The van der Waals surface area contributed by atoms with Crippen LogP contribution in [0.5, 0.6) is 0 Å². The zero-order valence-corrected chi connectivity index (χ0v) is 12.6. The Morgan fingerprint density at radius 2 is 2.26 bits per heavy atom. The summed E-state index contributed by atoms with van der Waals surface area (Å²) in [4.78, 5) is 13.2. The number of halogens is 1. The van der Waals surface area contributed by atoms with Crippen LogP contribution in [0.4, 0.5) is 0 Å². The minimum Gasteiger partial charge on any atom is -0.356 e. The molecule has 1 heterocycles. The first-order valence-electron chi connectivity index (χ1n) is 7.21. The van der Waals surface area contributed by atoms with E-state index in [2.05, 4.69) is 5.32 Å². The Kier molecular flexibility index (Phi) is 4.13. The molecule has 2 aliphatic rings. The van der Waals surface area contributed by atoms with Crippen LogP contribution in [-0.4, -0.2) is 12.5 Å². The molecule has 0 spiro atoms. The molecule has 3 rings (SSSR count). The lowest BCUT2D eigenvalue weighted by molar-refractivity contribution is -0.122. The molecule has 19 heavy (non-hydrogen) atoms. The van der Waals surface area contributed by atoms with Crippen molar-refractivity contribution in [2.24, 2.45) is 17.8 Å². The van der Waals surface area contributed by atoms with E-state index in [1.807, 2.05) is 12.1 Å². The summed E-state index contributed by atoms with van der Waals surface area (Å²) < 4.78 is 0.823. The summed E-state index contributed by atoms with van der Waals surface area (Å²) in [5.74, 6) is 2.66. The van der Waals surface area contributed by atoms with Crippen LogP contribution in [0.2, 0.25) is 4.34 Å². The molecule has 0 aliphatic heterocycles. The van der Waals surface area contributed by atoms with Crippen molar-refractivity contribution in [2.75, 3.05) is 6.54 Å². The van der Waals surface area contributed by atoms with E-state index in [0.29, 0.717) is 5.92 Å². The molecule has 104 valence electrons. The Bertz CT molecular complexity index is 459. The van der Waals surface area contributed by atoms with Crippen LogP contribution in [0.25, 0.3) is 0 Å². The second-order valence-electron chi connectivity index (χ2n) is 5.94. The highest BCUT2D eigenvalue weighted by Crippen LogP contribution is 2.49. The molecule has 2 saturated carbocycles. The third-order valence-corrected chi connectivity index (χ3v) is 5.95. The average molecular weight is 298 g/mol. The SMILES string of the molecule is O=C(C[C@@H]1C[C@H]2CC[C@H]1C2)NCCc1ccc(Cl)s1. The number of hydrogen-bond donors (Lipinski definition) is 1. The summed E-state index contributed by atoms with van der Waals surface area (Å²) in [7, 11) is 0. The maximum atomic E-state index is 11.9. The number of amides is 1. The van der Waals surface area contributed by atoms with Crippen LogP contribution < -0.4 is 5.32 Å². The Labute approximate surface area is 123 Å². The molecule has 2 nitrogen and oxygen atoms in total. The fourth-order valence-corrected chi connectivity index (χ4v) is 4.84. The number of carbonyl (C=O) groups excluding carboxylic acids is 1. The Morgan fingerprint density at radius 3 is 2.89 bits per heavy atom. The van der Waals surface area contributed by atoms with Gasteiger partial charge in [-0.15, -0.1) is 11.3 Å². The molecule has 0 unspecified atom stereocenters. The average Bonchev–Trinajstić information content (AvgIpc) is 3.06. The van der Waals surface area contributed by atoms with E-state index in [9.17, 15) is 4.79 Å². The minimum atomic E-state index is 0.236. The van der Waals surface area contributed by atoms with Gasteiger partial charge in [0.25, 0.3) is 0 Å². The first kappa shape index (κ1) is 13.4. The fraction of sp³-hybridized carbons (Fsp3) is 0.667. The second kappa shape index (κ2) is 5.84. The summed E-state index contributed by atoms with van der Waals surface area (Å²) in [5, 5.41) is 3.05. The van der Waals surface area contributed by atoms with Gasteiger partial charge in [0.05, 0.1) is 4.34 Å². The number of fused-ring (bicyclic) bond motifs is 2. The van der Waals surface area contributed by atoms with E-state index in [1.54, 1.807) is 11.3 Å². The molecule has 0 radical (unpaired) electrons. The number of thiophene rings is 1. The summed E-state index contributed by atoms with van der Waals surface area (Å²) in [6.45, 7) is 0.733. The standard InChI is InChI=1S/C15H20ClNOS/c16-14-4-3-13(19-14)5-6-17-15(18)9-12-8-10-1-2-11(12)7-10/h3-4,10-12H,1-2,5-9H2,(H,17,18)/t10-,11-,12-/m0/s1. The first-order chi connectivity index (χ1) is 9.20. The zero-order valence-electron chi connectivity index (χ0n) is 11.0. The molecule has 2 fully saturated rings. The Balaban J connectivity index is 1.37. The van der Waals surface area contributed by atoms with Crippen LogP contribution in [0.15, 0.2) is 12.1 Å². The van der Waals surface area contributed by atoms with Crippen LogP contribution in [0.1, 0.15) is 37.0 Å². The van der Waals surface area contributed by atoms with Gasteiger partial charge < -0.3 is 5.32 Å². The van der Waals surface area contributed by atoms with Gasteiger partial charge in [0, 0.05) is 17.8 Å². The largest absolute Gasteiger partial charge is 0.356 e. The van der Waals surface area contributed by atoms with E-state index in [0.717, 1.165) is 35.6 Å². The summed E-state index contributed by atoms with van der Waals surface area (Å²) in [6.07, 6.45) is 7.06. The Hall–Kier alpha value is -0.540. The van der Waals surface area contributed by atoms with Gasteiger partial charge >= 0.3 is 0 Å². The normalized spacial score (nSPS) is 28.8. The number of carbonyl (C=O) groups is 1.